The van der Waals surface area contributed by atoms with Crippen LogP contribution in [-0.2, 0) is 6.42 Å². The summed E-state index contributed by atoms with van der Waals surface area (Å²) in [5.41, 5.74) is 0.977. The lowest BCUT2D eigenvalue weighted by molar-refractivity contribution is -0.286. The van der Waals surface area contributed by atoms with Gasteiger partial charge in [-0.25, -0.2) is 0 Å². The fraction of sp³-hybridized carbons (Fsp3) is 0.455. The molecule has 1 aromatic rings. The van der Waals surface area contributed by atoms with Gasteiger partial charge in [-0.3, -0.25) is 0 Å². The molecule has 1 aromatic carbocycles. The zero-order chi connectivity index (χ0) is 11.1. The van der Waals surface area contributed by atoms with E-state index in [2.05, 4.69) is 23.3 Å². The molecule has 4 heteroatoms. The maximum atomic E-state index is 12.7. The Bertz CT molecular complexity index is 375. The van der Waals surface area contributed by atoms with Crippen LogP contribution in [0.25, 0.3) is 0 Å². The Labute approximate surface area is 86.8 Å². The van der Waals surface area contributed by atoms with Crippen molar-refractivity contribution in [1.29, 1.82) is 0 Å². The third kappa shape index (κ3) is 2.19. The second-order valence-electron chi connectivity index (χ2n) is 4.05. The van der Waals surface area contributed by atoms with Gasteiger partial charge in [0.1, 0.15) is 0 Å². The predicted molar refractivity (Wildman–Crippen MR) is 51.2 cm³/mol. The predicted octanol–water partition coefficient (Wildman–Crippen LogP) is 3.21. The number of hydrogen-bond acceptors (Lipinski definition) is 2. The Hall–Kier alpha value is -1.32. The van der Waals surface area contributed by atoms with E-state index in [9.17, 15) is 8.78 Å². The standard InChI is InChI=1S/C11H12F2O2/c1-7(2)5-8-3-4-9-10(6-8)15-11(12,13)14-9/h3-4,6-7H,5H2,1-2H3. The van der Waals surface area contributed by atoms with E-state index in [4.69, 9.17) is 0 Å². The van der Waals surface area contributed by atoms with Crippen LogP contribution in [0.2, 0.25) is 0 Å². The average Bonchev–Trinajstić information content (AvgIpc) is 2.36. The van der Waals surface area contributed by atoms with Crippen LogP contribution in [0.15, 0.2) is 18.2 Å². The number of hydrogen-bond donors (Lipinski definition) is 0. The van der Waals surface area contributed by atoms with Gasteiger partial charge in [0, 0.05) is 0 Å². The van der Waals surface area contributed by atoms with Gasteiger partial charge >= 0.3 is 6.29 Å². The summed E-state index contributed by atoms with van der Waals surface area (Å²) >= 11 is 0. The van der Waals surface area contributed by atoms with Crippen LogP contribution in [0.1, 0.15) is 19.4 Å². The largest absolute Gasteiger partial charge is 0.586 e. The summed E-state index contributed by atoms with van der Waals surface area (Å²) in [5.74, 6) is 0.705. The zero-order valence-corrected chi connectivity index (χ0v) is 8.59. The first-order valence-corrected chi connectivity index (χ1v) is 4.85. The number of halogens is 2. The van der Waals surface area contributed by atoms with Gasteiger partial charge < -0.3 is 9.47 Å². The Balaban J connectivity index is 2.23. The van der Waals surface area contributed by atoms with Crippen molar-refractivity contribution >= 4 is 0 Å². The van der Waals surface area contributed by atoms with E-state index in [0.717, 1.165) is 12.0 Å². The van der Waals surface area contributed by atoms with Gasteiger partial charge in [0.25, 0.3) is 0 Å². The molecule has 0 saturated heterocycles. The summed E-state index contributed by atoms with van der Waals surface area (Å²) in [4.78, 5) is 0. The molecule has 2 rings (SSSR count). The minimum atomic E-state index is -3.52. The van der Waals surface area contributed by atoms with Crippen LogP contribution < -0.4 is 9.47 Å². The van der Waals surface area contributed by atoms with Gasteiger partial charge in [0.2, 0.25) is 0 Å². The van der Waals surface area contributed by atoms with E-state index in [1.54, 1.807) is 12.1 Å². The van der Waals surface area contributed by atoms with Gasteiger partial charge in [-0.15, -0.1) is 8.78 Å². The highest BCUT2D eigenvalue weighted by molar-refractivity contribution is 5.45. The molecule has 0 radical (unpaired) electrons. The van der Waals surface area contributed by atoms with Crippen LogP contribution in [-0.4, -0.2) is 6.29 Å². The van der Waals surface area contributed by atoms with Crippen molar-refractivity contribution in [3.05, 3.63) is 23.8 Å². The second-order valence-corrected chi connectivity index (χ2v) is 4.05. The summed E-state index contributed by atoms with van der Waals surface area (Å²) in [6.45, 7) is 4.14. The summed E-state index contributed by atoms with van der Waals surface area (Å²) in [7, 11) is 0. The molecule has 82 valence electrons. The first-order chi connectivity index (χ1) is 6.96. The molecular weight excluding hydrogens is 202 g/mol. The summed E-state index contributed by atoms with van der Waals surface area (Å²) in [6, 6.07) is 4.91. The molecule has 0 spiro atoms. The number of benzene rings is 1. The van der Waals surface area contributed by atoms with Crippen molar-refractivity contribution in [2.75, 3.05) is 0 Å². The quantitative estimate of drug-likeness (QED) is 0.752. The molecule has 0 unspecified atom stereocenters. The normalized spacial score (nSPS) is 17.1. The molecule has 0 fully saturated rings. The molecule has 0 aromatic heterocycles. The molecule has 0 atom stereocenters. The Morgan fingerprint density at radius 2 is 1.87 bits per heavy atom. The van der Waals surface area contributed by atoms with Crippen LogP contribution in [0, 0.1) is 5.92 Å². The maximum absolute atomic E-state index is 12.7. The highest BCUT2D eigenvalue weighted by Crippen LogP contribution is 2.41. The number of ether oxygens (including phenoxy) is 2. The first kappa shape index (κ1) is 10.2. The lowest BCUT2D eigenvalue weighted by Gasteiger charge is -2.05. The third-order valence-electron chi connectivity index (χ3n) is 2.11. The number of rotatable bonds is 2. The van der Waals surface area contributed by atoms with Crippen molar-refractivity contribution in [1.82, 2.24) is 0 Å². The summed E-state index contributed by atoms with van der Waals surface area (Å²) < 4.78 is 34.0. The van der Waals surface area contributed by atoms with Crippen LogP contribution in [0.3, 0.4) is 0 Å². The molecule has 0 bridgehead atoms. The van der Waals surface area contributed by atoms with E-state index in [1.807, 2.05) is 0 Å². The van der Waals surface area contributed by atoms with Crippen LogP contribution in [0.5, 0.6) is 11.5 Å². The lowest BCUT2D eigenvalue weighted by atomic mass is 10.0. The highest BCUT2D eigenvalue weighted by atomic mass is 19.3. The van der Waals surface area contributed by atoms with E-state index in [1.165, 1.54) is 6.07 Å². The van der Waals surface area contributed by atoms with Crippen molar-refractivity contribution in [3.8, 4) is 11.5 Å². The molecule has 1 heterocycles. The molecule has 15 heavy (non-hydrogen) atoms. The third-order valence-corrected chi connectivity index (χ3v) is 2.11. The van der Waals surface area contributed by atoms with Gasteiger partial charge in [-0.05, 0) is 30.0 Å². The van der Waals surface area contributed by atoms with E-state index < -0.39 is 6.29 Å². The minimum Gasteiger partial charge on any atom is -0.395 e. The molecule has 2 nitrogen and oxygen atoms in total. The summed E-state index contributed by atoms with van der Waals surface area (Å²) in [6.07, 6.45) is -2.68. The molecule has 0 aliphatic carbocycles. The lowest BCUT2D eigenvalue weighted by Crippen LogP contribution is -2.25. The van der Waals surface area contributed by atoms with Crippen molar-refractivity contribution in [2.24, 2.45) is 5.92 Å². The maximum Gasteiger partial charge on any atom is 0.586 e. The SMILES string of the molecule is CC(C)Cc1ccc2c(c1)OC(F)(F)O2. The van der Waals surface area contributed by atoms with Gasteiger partial charge in [-0.2, -0.15) is 0 Å². The van der Waals surface area contributed by atoms with Crippen LogP contribution >= 0.6 is 0 Å². The molecule has 1 aliphatic rings. The van der Waals surface area contributed by atoms with Gasteiger partial charge in [-0.1, -0.05) is 19.9 Å². The molecule has 0 amide bonds. The van der Waals surface area contributed by atoms with E-state index >= 15 is 0 Å². The van der Waals surface area contributed by atoms with E-state index in [-0.39, 0.29) is 11.5 Å². The van der Waals surface area contributed by atoms with Crippen molar-refractivity contribution < 1.29 is 18.3 Å². The van der Waals surface area contributed by atoms with E-state index in [0.29, 0.717) is 5.92 Å². The summed E-state index contributed by atoms with van der Waals surface area (Å²) in [5, 5.41) is 0. The molecular formula is C11H12F2O2. The Morgan fingerprint density at radius 1 is 1.20 bits per heavy atom. The minimum absolute atomic E-state index is 0.104. The topological polar surface area (TPSA) is 18.5 Å². The Morgan fingerprint density at radius 3 is 2.53 bits per heavy atom. The Kier molecular flexibility index (Phi) is 2.29. The van der Waals surface area contributed by atoms with Crippen molar-refractivity contribution in [3.63, 3.8) is 0 Å². The molecule has 0 saturated carbocycles. The monoisotopic (exact) mass is 214 g/mol. The molecule has 1 aliphatic heterocycles. The smallest absolute Gasteiger partial charge is 0.395 e. The number of fused-ring (bicyclic) bond motifs is 1. The highest BCUT2D eigenvalue weighted by Gasteiger charge is 2.43. The molecule has 0 N–H and O–H groups in total. The first-order valence-electron chi connectivity index (χ1n) is 4.85. The fourth-order valence-electron chi connectivity index (χ4n) is 1.59. The second kappa shape index (κ2) is 3.36. The van der Waals surface area contributed by atoms with Gasteiger partial charge in [0.15, 0.2) is 11.5 Å². The van der Waals surface area contributed by atoms with Crippen molar-refractivity contribution in [2.45, 2.75) is 26.6 Å². The number of alkyl halides is 2. The average molecular weight is 214 g/mol. The van der Waals surface area contributed by atoms with Crippen LogP contribution in [0.4, 0.5) is 8.78 Å². The van der Waals surface area contributed by atoms with Gasteiger partial charge in [0.05, 0.1) is 0 Å². The zero-order valence-electron chi connectivity index (χ0n) is 8.59. The fourth-order valence-corrected chi connectivity index (χ4v) is 1.59.